The van der Waals surface area contributed by atoms with Crippen molar-refractivity contribution in [3.63, 3.8) is 0 Å². The van der Waals surface area contributed by atoms with Gasteiger partial charge in [-0.1, -0.05) is 51.4 Å². The van der Waals surface area contributed by atoms with E-state index in [0.29, 0.717) is 36.3 Å². The average Bonchev–Trinajstić information content (AvgIpc) is 3.15. The molecule has 2 aliphatic rings. The van der Waals surface area contributed by atoms with Crippen LogP contribution in [0.2, 0.25) is 5.02 Å². The van der Waals surface area contributed by atoms with Crippen LogP contribution in [0.3, 0.4) is 0 Å². The number of aliphatic carboxylic acids is 1. The van der Waals surface area contributed by atoms with Gasteiger partial charge < -0.3 is 15.3 Å². The molecule has 2 aromatic rings. The standard InChI is InChI=1S/C31H37ClFN3O4/c1-5-25(19-6-8-20(9-7-19)28(39)34-15-12-26(37)38)36-29(40)27(21-16-23(32)18-24(33)17-21)35-31(36)13-10-22(11-14-31)30(2,3)4/h6-9,16-18,22,25H,5,10-15H2,1-4H3,(H,34,39)(H,37,38). The molecule has 1 saturated carbocycles. The monoisotopic (exact) mass is 569 g/mol. The van der Waals surface area contributed by atoms with E-state index in [-0.39, 0.29) is 47.0 Å². The Morgan fingerprint density at radius 3 is 2.38 bits per heavy atom. The SMILES string of the molecule is CCC(c1ccc(C(=O)NCCC(=O)O)cc1)N1C(=O)C(c2cc(F)cc(Cl)c2)=NC12CCC(C(C)(C)C)CC2. The fourth-order valence-electron chi connectivity index (χ4n) is 6.03. The van der Waals surface area contributed by atoms with Crippen LogP contribution in [-0.4, -0.2) is 45.7 Å². The normalized spacial score (nSPS) is 21.9. The molecule has 4 rings (SSSR count). The van der Waals surface area contributed by atoms with Crippen molar-refractivity contribution in [2.45, 2.75) is 77.9 Å². The van der Waals surface area contributed by atoms with Crippen molar-refractivity contribution < 1.29 is 23.9 Å². The third kappa shape index (κ3) is 6.22. The number of hydrogen-bond donors (Lipinski definition) is 2. The van der Waals surface area contributed by atoms with Crippen LogP contribution in [-0.2, 0) is 9.59 Å². The van der Waals surface area contributed by atoms with Crippen LogP contribution in [0, 0.1) is 17.2 Å². The molecular formula is C31H37ClFN3O4. The van der Waals surface area contributed by atoms with Gasteiger partial charge in [-0.05, 0) is 79.3 Å². The van der Waals surface area contributed by atoms with Crippen LogP contribution in [0.5, 0.6) is 0 Å². The third-order valence-electron chi connectivity index (χ3n) is 8.22. The summed E-state index contributed by atoms with van der Waals surface area (Å²) >= 11 is 6.15. The van der Waals surface area contributed by atoms with Gasteiger partial charge in [-0.15, -0.1) is 0 Å². The van der Waals surface area contributed by atoms with Crippen LogP contribution in [0.1, 0.15) is 93.7 Å². The van der Waals surface area contributed by atoms with E-state index in [1.54, 1.807) is 18.2 Å². The van der Waals surface area contributed by atoms with Crippen molar-refractivity contribution in [3.8, 4) is 0 Å². The molecule has 0 radical (unpaired) electrons. The van der Waals surface area contributed by atoms with Crippen LogP contribution in [0.25, 0.3) is 0 Å². The number of halogens is 2. The first-order valence-corrected chi connectivity index (χ1v) is 14.2. The Kier molecular flexibility index (Phi) is 8.69. The lowest BCUT2D eigenvalue weighted by Gasteiger charge is -2.47. The van der Waals surface area contributed by atoms with Crippen LogP contribution >= 0.6 is 11.6 Å². The lowest BCUT2D eigenvalue weighted by atomic mass is 9.69. The number of nitrogens with zero attached hydrogens (tertiary/aromatic N) is 2. The minimum atomic E-state index is -0.982. The molecule has 0 saturated heterocycles. The predicted molar refractivity (Wildman–Crippen MR) is 153 cm³/mol. The Hall–Kier alpha value is -3.26. The number of carboxylic acid groups (broad SMARTS) is 1. The first kappa shape index (κ1) is 29.7. The Bertz CT molecular complexity index is 1290. The predicted octanol–water partition coefficient (Wildman–Crippen LogP) is 6.40. The van der Waals surface area contributed by atoms with E-state index < -0.39 is 17.4 Å². The summed E-state index contributed by atoms with van der Waals surface area (Å²) in [7, 11) is 0. The van der Waals surface area contributed by atoms with Gasteiger partial charge in [0.05, 0.1) is 12.5 Å². The average molecular weight is 570 g/mol. The first-order valence-electron chi connectivity index (χ1n) is 13.8. The van der Waals surface area contributed by atoms with E-state index >= 15 is 0 Å². The van der Waals surface area contributed by atoms with Gasteiger partial charge in [0, 0.05) is 22.7 Å². The fraction of sp³-hybridized carbons (Fsp3) is 0.484. The Morgan fingerprint density at radius 1 is 1.18 bits per heavy atom. The number of rotatable bonds is 8. The number of carboxylic acids is 1. The molecule has 1 aliphatic heterocycles. The molecule has 1 aliphatic carbocycles. The van der Waals surface area contributed by atoms with E-state index in [1.807, 2.05) is 24.0 Å². The van der Waals surface area contributed by atoms with Crippen molar-refractivity contribution in [2.24, 2.45) is 16.3 Å². The smallest absolute Gasteiger partial charge is 0.305 e. The highest BCUT2D eigenvalue weighted by Crippen LogP contribution is 2.49. The summed E-state index contributed by atoms with van der Waals surface area (Å²) in [4.78, 5) is 44.3. The zero-order valence-electron chi connectivity index (χ0n) is 23.5. The number of amides is 2. The Labute approximate surface area is 239 Å². The van der Waals surface area contributed by atoms with Gasteiger partial charge in [0.1, 0.15) is 17.2 Å². The molecule has 40 heavy (non-hydrogen) atoms. The lowest BCUT2D eigenvalue weighted by Crippen LogP contribution is -2.51. The van der Waals surface area contributed by atoms with Crippen LogP contribution in [0.15, 0.2) is 47.5 Å². The van der Waals surface area contributed by atoms with E-state index in [9.17, 15) is 18.8 Å². The highest BCUT2D eigenvalue weighted by Gasteiger charge is 2.52. The molecular weight excluding hydrogens is 533 g/mol. The summed E-state index contributed by atoms with van der Waals surface area (Å²) in [5.74, 6) is -1.62. The topological polar surface area (TPSA) is 99.1 Å². The molecule has 1 atom stereocenters. The molecule has 9 heteroatoms. The summed E-state index contributed by atoms with van der Waals surface area (Å²) in [5.41, 5.74) is 1.26. The maximum atomic E-state index is 14.3. The highest BCUT2D eigenvalue weighted by atomic mass is 35.5. The van der Waals surface area contributed by atoms with E-state index in [1.165, 1.54) is 12.1 Å². The number of nitrogens with one attached hydrogen (secondary N) is 1. The quantitative estimate of drug-likeness (QED) is 0.384. The largest absolute Gasteiger partial charge is 0.481 e. The number of benzene rings is 2. The number of aliphatic imine (C=N–C) groups is 1. The molecule has 1 heterocycles. The summed E-state index contributed by atoms with van der Waals surface area (Å²) in [6, 6.07) is 10.8. The van der Waals surface area contributed by atoms with Crippen LogP contribution < -0.4 is 5.32 Å². The zero-order chi connectivity index (χ0) is 29.2. The highest BCUT2D eigenvalue weighted by molar-refractivity contribution is 6.47. The van der Waals surface area contributed by atoms with Gasteiger partial charge in [0.15, 0.2) is 0 Å². The maximum Gasteiger partial charge on any atom is 0.305 e. The maximum absolute atomic E-state index is 14.3. The summed E-state index contributed by atoms with van der Waals surface area (Å²) < 4.78 is 14.3. The molecule has 2 aromatic carbocycles. The van der Waals surface area contributed by atoms with Gasteiger partial charge in [-0.25, -0.2) is 4.39 Å². The second-order valence-electron chi connectivity index (χ2n) is 11.9. The van der Waals surface area contributed by atoms with Crippen molar-refractivity contribution >= 4 is 35.1 Å². The molecule has 1 unspecified atom stereocenters. The summed E-state index contributed by atoms with van der Waals surface area (Å²) in [5, 5.41) is 11.6. The molecule has 1 fully saturated rings. The second-order valence-corrected chi connectivity index (χ2v) is 12.3. The Balaban J connectivity index is 1.67. The van der Waals surface area contributed by atoms with Crippen LogP contribution in [0.4, 0.5) is 4.39 Å². The van der Waals surface area contributed by atoms with E-state index in [0.717, 1.165) is 18.4 Å². The molecule has 214 valence electrons. The van der Waals surface area contributed by atoms with Gasteiger partial charge in [-0.3, -0.25) is 19.4 Å². The molecule has 2 amide bonds. The van der Waals surface area contributed by atoms with Crippen molar-refractivity contribution in [2.75, 3.05) is 6.54 Å². The van der Waals surface area contributed by atoms with Gasteiger partial charge in [0.2, 0.25) is 0 Å². The molecule has 1 spiro atoms. The number of carbonyl (C=O) groups excluding carboxylic acids is 2. The minimum Gasteiger partial charge on any atom is -0.481 e. The van der Waals surface area contributed by atoms with Crippen molar-refractivity contribution in [1.82, 2.24) is 10.2 Å². The van der Waals surface area contributed by atoms with Gasteiger partial charge in [-0.2, -0.15) is 0 Å². The zero-order valence-corrected chi connectivity index (χ0v) is 24.2. The van der Waals surface area contributed by atoms with Gasteiger partial charge in [0.25, 0.3) is 11.8 Å². The van der Waals surface area contributed by atoms with Gasteiger partial charge >= 0.3 is 5.97 Å². The number of hydrogen-bond acceptors (Lipinski definition) is 4. The summed E-state index contributed by atoms with van der Waals surface area (Å²) in [6.45, 7) is 8.77. The minimum absolute atomic E-state index is 0.0398. The lowest BCUT2D eigenvalue weighted by molar-refractivity contribution is -0.137. The fourth-order valence-corrected chi connectivity index (χ4v) is 6.25. The number of carbonyl (C=O) groups is 3. The molecule has 2 N–H and O–H groups in total. The van der Waals surface area contributed by atoms with E-state index in [2.05, 4.69) is 26.1 Å². The molecule has 7 nitrogen and oxygen atoms in total. The van der Waals surface area contributed by atoms with E-state index in [4.69, 9.17) is 21.7 Å². The molecule has 0 aromatic heterocycles. The van der Waals surface area contributed by atoms with Crippen molar-refractivity contribution in [1.29, 1.82) is 0 Å². The summed E-state index contributed by atoms with van der Waals surface area (Å²) in [6.07, 6.45) is 3.70. The first-order chi connectivity index (χ1) is 18.8. The Morgan fingerprint density at radius 2 is 1.82 bits per heavy atom. The second kappa shape index (κ2) is 11.7. The molecule has 0 bridgehead atoms. The van der Waals surface area contributed by atoms with Crippen molar-refractivity contribution in [3.05, 3.63) is 70.0 Å². The third-order valence-corrected chi connectivity index (χ3v) is 8.44.